The lowest BCUT2D eigenvalue weighted by molar-refractivity contribution is -0.148. The van der Waals surface area contributed by atoms with Gasteiger partial charge < -0.3 is 29.9 Å². The van der Waals surface area contributed by atoms with Gasteiger partial charge in [-0.05, 0) is 18.1 Å². The number of alkyl halides is 3. The van der Waals surface area contributed by atoms with Crippen molar-refractivity contribution in [2.45, 2.75) is 38.1 Å². The topological polar surface area (TPSA) is 142 Å². The van der Waals surface area contributed by atoms with Gasteiger partial charge in [-0.15, -0.1) is 0 Å². The van der Waals surface area contributed by atoms with E-state index in [2.05, 4.69) is 4.98 Å². The first-order valence-electron chi connectivity index (χ1n) is 11.2. The molecule has 2 heterocycles. The maximum atomic E-state index is 13.9. The summed E-state index contributed by atoms with van der Waals surface area (Å²) in [5.41, 5.74) is 6.65. The fourth-order valence-electron chi connectivity index (χ4n) is 4.05. The number of halogens is 6. The minimum atomic E-state index is -4.66. The number of hydrogen-bond acceptors (Lipinski definition) is 4. The molecular weight excluding hydrogens is 557 g/mol. The Hall–Kier alpha value is -3.23. The lowest BCUT2D eigenvalue weighted by Crippen LogP contribution is -2.42. The van der Waals surface area contributed by atoms with Crippen molar-refractivity contribution < 1.29 is 50.4 Å². The van der Waals surface area contributed by atoms with Crippen LogP contribution in [-0.4, -0.2) is 47.6 Å². The van der Waals surface area contributed by atoms with Crippen LogP contribution in [0, 0.1) is 17.5 Å². The number of nitrogens with two attached hydrogens (primary N) is 1. The van der Waals surface area contributed by atoms with E-state index in [9.17, 15) is 31.1 Å². The molecule has 212 valence electrons. The minimum Gasteiger partial charge on any atom is -0.335 e. The van der Waals surface area contributed by atoms with Crippen molar-refractivity contribution in [2.75, 3.05) is 6.54 Å². The molecule has 1 aromatic heterocycles. The predicted octanol–water partition coefficient (Wildman–Crippen LogP) is 3.36. The zero-order chi connectivity index (χ0) is 29.1. The third kappa shape index (κ3) is 8.13. The van der Waals surface area contributed by atoms with Gasteiger partial charge in [0.2, 0.25) is 11.7 Å². The van der Waals surface area contributed by atoms with Crippen LogP contribution in [0.4, 0.5) is 26.3 Å². The monoisotopic (exact) mass is 580 g/mol. The first-order chi connectivity index (χ1) is 18.0. The molecule has 0 spiro atoms. The highest BCUT2D eigenvalue weighted by atomic mass is 31.2. The van der Waals surface area contributed by atoms with Gasteiger partial charge in [0.05, 0.1) is 17.9 Å². The Morgan fingerprint density at radius 2 is 1.62 bits per heavy atom. The van der Waals surface area contributed by atoms with Crippen LogP contribution < -0.4 is 5.73 Å². The number of rotatable bonds is 5. The number of nitrogens with zero attached hydrogens (tertiary/aromatic N) is 3. The summed E-state index contributed by atoms with van der Waals surface area (Å²) in [7, 11) is -4.64. The van der Waals surface area contributed by atoms with E-state index in [-0.39, 0.29) is 49.4 Å². The molecule has 0 saturated heterocycles. The van der Waals surface area contributed by atoms with Gasteiger partial charge in [-0.1, -0.05) is 30.3 Å². The number of aromatic nitrogens is 2. The second-order valence-electron chi connectivity index (χ2n) is 8.60. The van der Waals surface area contributed by atoms with Gasteiger partial charge in [-0.2, -0.15) is 13.2 Å². The van der Waals surface area contributed by atoms with E-state index >= 15 is 0 Å². The summed E-state index contributed by atoms with van der Waals surface area (Å²) in [6, 6.07) is 8.55. The highest BCUT2D eigenvalue weighted by Crippen LogP contribution is 2.36. The van der Waals surface area contributed by atoms with E-state index in [0.717, 1.165) is 4.57 Å². The Kier molecular flexibility index (Phi) is 9.23. The Balaban J connectivity index is 0.000000771. The molecule has 0 unspecified atom stereocenters. The number of benzene rings is 2. The molecule has 1 amide bonds. The SMILES string of the molecule is N[C@@H](CC(=O)N1CCn2c(C(F)(F)F)nc(-c3ccccc3)c2C1)Cc1cc(F)c(F)cc1F.O=P(O)(O)O. The average molecular weight is 580 g/mol. The number of amides is 1. The first-order valence-corrected chi connectivity index (χ1v) is 12.8. The Morgan fingerprint density at radius 3 is 2.21 bits per heavy atom. The molecular formula is C23H23F6N4O5P. The van der Waals surface area contributed by atoms with Crippen molar-refractivity contribution in [2.24, 2.45) is 5.73 Å². The van der Waals surface area contributed by atoms with Gasteiger partial charge in [0, 0.05) is 37.2 Å². The molecule has 1 aliphatic rings. The van der Waals surface area contributed by atoms with Crippen LogP contribution in [0.2, 0.25) is 0 Å². The summed E-state index contributed by atoms with van der Waals surface area (Å²) in [6.45, 7) is -0.215. The molecule has 9 nitrogen and oxygen atoms in total. The summed E-state index contributed by atoms with van der Waals surface area (Å²) in [5, 5.41) is 0. The minimum absolute atomic E-state index is 0.00571. The third-order valence-corrected chi connectivity index (χ3v) is 5.67. The van der Waals surface area contributed by atoms with Crippen molar-refractivity contribution in [3.63, 3.8) is 0 Å². The number of fused-ring (bicyclic) bond motifs is 1. The molecule has 4 rings (SSSR count). The standard InChI is InChI=1S/C23H20F6N4O.H3O4P/c24-16-11-18(26)17(25)9-14(16)8-15(30)10-20(34)32-6-7-33-19(12-32)21(13-4-2-1-3-5-13)31-22(33)23(27,28)29;1-5(2,3)4/h1-5,9,11,15H,6-8,10,12,30H2;(H3,1,2,3,4)/t15-;/m1./s1. The van der Waals surface area contributed by atoms with Crippen molar-refractivity contribution in [3.05, 3.63) is 77.0 Å². The van der Waals surface area contributed by atoms with Gasteiger partial charge in [0.15, 0.2) is 11.6 Å². The molecule has 0 radical (unpaired) electrons. The lowest BCUT2D eigenvalue weighted by Gasteiger charge is -2.30. The van der Waals surface area contributed by atoms with Gasteiger partial charge in [0.25, 0.3) is 0 Å². The molecule has 0 fully saturated rings. The zero-order valence-electron chi connectivity index (χ0n) is 19.9. The Morgan fingerprint density at radius 1 is 1.03 bits per heavy atom. The van der Waals surface area contributed by atoms with Gasteiger partial charge >= 0.3 is 14.0 Å². The van der Waals surface area contributed by atoms with E-state index in [1.807, 2.05) is 0 Å². The quantitative estimate of drug-likeness (QED) is 0.206. The fourth-order valence-corrected chi connectivity index (χ4v) is 4.05. The summed E-state index contributed by atoms with van der Waals surface area (Å²) in [4.78, 5) is 39.6. The molecule has 39 heavy (non-hydrogen) atoms. The molecule has 1 aliphatic heterocycles. The van der Waals surface area contributed by atoms with Crippen LogP contribution in [0.1, 0.15) is 23.5 Å². The number of hydrogen-bond donors (Lipinski definition) is 4. The molecule has 0 saturated carbocycles. The van der Waals surface area contributed by atoms with Gasteiger partial charge in [-0.25, -0.2) is 22.7 Å². The molecule has 1 atom stereocenters. The second kappa shape index (κ2) is 11.9. The van der Waals surface area contributed by atoms with Crippen molar-refractivity contribution in [1.29, 1.82) is 0 Å². The van der Waals surface area contributed by atoms with E-state index < -0.39 is 49.2 Å². The maximum Gasteiger partial charge on any atom is 0.466 e. The molecule has 0 bridgehead atoms. The maximum absolute atomic E-state index is 13.9. The van der Waals surface area contributed by atoms with Gasteiger partial charge in [0.1, 0.15) is 5.82 Å². The molecule has 0 aliphatic carbocycles. The van der Waals surface area contributed by atoms with E-state index in [1.54, 1.807) is 30.3 Å². The van der Waals surface area contributed by atoms with Crippen LogP contribution in [0.15, 0.2) is 42.5 Å². The summed E-state index contributed by atoms with van der Waals surface area (Å²) in [6.07, 6.45) is -5.13. The normalized spacial score (nSPS) is 14.4. The van der Waals surface area contributed by atoms with Crippen LogP contribution in [0.3, 0.4) is 0 Å². The van der Waals surface area contributed by atoms with Crippen LogP contribution in [0.25, 0.3) is 11.3 Å². The highest BCUT2D eigenvalue weighted by Gasteiger charge is 2.40. The van der Waals surface area contributed by atoms with Crippen LogP contribution in [0.5, 0.6) is 0 Å². The van der Waals surface area contributed by atoms with Crippen molar-refractivity contribution in [3.8, 4) is 11.3 Å². The first kappa shape index (κ1) is 30.3. The smallest absolute Gasteiger partial charge is 0.335 e. The Bertz CT molecular complexity index is 1370. The average Bonchev–Trinajstić information content (AvgIpc) is 3.21. The highest BCUT2D eigenvalue weighted by molar-refractivity contribution is 7.45. The second-order valence-corrected chi connectivity index (χ2v) is 9.63. The molecule has 16 heteroatoms. The van der Waals surface area contributed by atoms with E-state index in [1.165, 1.54) is 4.90 Å². The number of imidazole rings is 1. The van der Waals surface area contributed by atoms with Crippen LogP contribution >= 0.6 is 7.82 Å². The summed E-state index contributed by atoms with van der Waals surface area (Å²) in [5.74, 6) is -5.01. The lowest BCUT2D eigenvalue weighted by atomic mass is 10.0. The van der Waals surface area contributed by atoms with E-state index in [4.69, 9.17) is 25.0 Å². The van der Waals surface area contributed by atoms with Gasteiger partial charge in [-0.3, -0.25) is 4.79 Å². The van der Waals surface area contributed by atoms with Crippen molar-refractivity contribution in [1.82, 2.24) is 14.5 Å². The number of carbonyl (C=O) groups is 1. The number of phosphoric acid groups is 1. The Labute approximate surface area is 217 Å². The largest absolute Gasteiger partial charge is 0.466 e. The van der Waals surface area contributed by atoms with Crippen molar-refractivity contribution >= 4 is 13.7 Å². The zero-order valence-corrected chi connectivity index (χ0v) is 20.8. The predicted molar refractivity (Wildman–Crippen MR) is 125 cm³/mol. The third-order valence-electron chi connectivity index (χ3n) is 5.67. The fraction of sp³-hybridized carbons (Fsp3) is 0.304. The molecule has 5 N–H and O–H groups in total. The number of carbonyl (C=O) groups excluding carboxylic acids is 1. The van der Waals surface area contributed by atoms with E-state index in [0.29, 0.717) is 17.7 Å². The molecule has 3 aromatic rings. The van der Waals surface area contributed by atoms with Crippen LogP contribution in [-0.2, 0) is 35.0 Å². The molecule has 2 aromatic carbocycles. The summed E-state index contributed by atoms with van der Waals surface area (Å²) >= 11 is 0. The summed E-state index contributed by atoms with van der Waals surface area (Å²) < 4.78 is 91.1.